The van der Waals surface area contributed by atoms with E-state index in [0.29, 0.717) is 6.04 Å². The fourth-order valence-electron chi connectivity index (χ4n) is 2.56. The third-order valence-corrected chi connectivity index (χ3v) is 3.74. The fraction of sp³-hybridized carbons (Fsp3) is 0.600. The number of benzene rings is 1. The Morgan fingerprint density at radius 2 is 2.22 bits per heavy atom. The number of nitrogens with two attached hydrogens (primary N) is 1. The summed E-state index contributed by atoms with van der Waals surface area (Å²) in [6, 6.07) is 6.65. The zero-order valence-corrected chi connectivity index (χ0v) is 11.5. The van der Waals surface area contributed by atoms with Crippen LogP contribution >= 0.6 is 0 Å². The molecule has 1 aromatic rings. The summed E-state index contributed by atoms with van der Waals surface area (Å²) in [6.07, 6.45) is 3.99. The van der Waals surface area contributed by atoms with Crippen molar-refractivity contribution in [3.05, 3.63) is 23.8 Å². The molecule has 0 radical (unpaired) electrons. The Morgan fingerprint density at radius 1 is 1.39 bits per heavy atom. The summed E-state index contributed by atoms with van der Waals surface area (Å²) in [5, 5.41) is 0. The summed E-state index contributed by atoms with van der Waals surface area (Å²) >= 11 is 0. The molecule has 0 unspecified atom stereocenters. The first-order chi connectivity index (χ1) is 8.66. The molecule has 0 bridgehead atoms. The maximum absolute atomic E-state index is 5.93. The number of nitrogen functional groups attached to an aromatic ring is 1. The van der Waals surface area contributed by atoms with Gasteiger partial charge in [-0.3, -0.25) is 4.90 Å². The maximum atomic E-state index is 5.93. The second-order valence-corrected chi connectivity index (χ2v) is 5.27. The zero-order valence-electron chi connectivity index (χ0n) is 11.5. The van der Waals surface area contributed by atoms with Gasteiger partial charge in [-0.25, -0.2) is 0 Å². The van der Waals surface area contributed by atoms with Gasteiger partial charge in [-0.05, 0) is 50.9 Å². The minimum atomic E-state index is 0.692. The number of hydrogen-bond acceptors (Lipinski definition) is 3. The average Bonchev–Trinajstić information content (AvgIpc) is 2.34. The standard InChI is InChI=1S/C15H24N2O/c1-12-6-7-15(14(16)11-12)18-10-9-17-8-4-3-5-13(17)2/h6-7,11,13H,3-5,8-10,16H2,1-2H3/t13-/m0/s1. The van der Waals surface area contributed by atoms with Gasteiger partial charge in [-0.1, -0.05) is 12.5 Å². The summed E-state index contributed by atoms with van der Waals surface area (Å²) in [4.78, 5) is 2.51. The molecule has 1 fully saturated rings. The summed E-state index contributed by atoms with van der Waals surface area (Å²) in [6.45, 7) is 7.26. The Hall–Kier alpha value is -1.22. The minimum absolute atomic E-state index is 0.692. The van der Waals surface area contributed by atoms with Gasteiger partial charge in [0.25, 0.3) is 0 Å². The zero-order chi connectivity index (χ0) is 13.0. The van der Waals surface area contributed by atoms with Crippen LogP contribution in [0.5, 0.6) is 5.75 Å². The first kappa shape index (κ1) is 13.2. The fourth-order valence-corrected chi connectivity index (χ4v) is 2.56. The first-order valence-corrected chi connectivity index (χ1v) is 6.90. The van der Waals surface area contributed by atoms with Crippen molar-refractivity contribution in [3.8, 4) is 5.75 Å². The third-order valence-electron chi connectivity index (χ3n) is 3.74. The van der Waals surface area contributed by atoms with E-state index in [4.69, 9.17) is 10.5 Å². The number of piperidine rings is 1. The van der Waals surface area contributed by atoms with Gasteiger partial charge in [0.2, 0.25) is 0 Å². The van der Waals surface area contributed by atoms with Gasteiger partial charge in [0, 0.05) is 12.6 Å². The van der Waals surface area contributed by atoms with Crippen molar-refractivity contribution in [3.63, 3.8) is 0 Å². The summed E-state index contributed by atoms with van der Waals surface area (Å²) < 4.78 is 5.78. The van der Waals surface area contributed by atoms with E-state index in [1.807, 2.05) is 25.1 Å². The molecule has 3 nitrogen and oxygen atoms in total. The highest BCUT2D eigenvalue weighted by molar-refractivity contribution is 5.53. The molecule has 1 aliphatic rings. The van der Waals surface area contributed by atoms with Crippen LogP contribution in [0, 0.1) is 6.92 Å². The van der Waals surface area contributed by atoms with E-state index < -0.39 is 0 Å². The summed E-state index contributed by atoms with van der Waals surface area (Å²) in [5.41, 5.74) is 7.84. The van der Waals surface area contributed by atoms with E-state index in [-0.39, 0.29) is 0 Å². The van der Waals surface area contributed by atoms with Crippen LogP contribution in [0.15, 0.2) is 18.2 Å². The average molecular weight is 248 g/mol. The van der Waals surface area contributed by atoms with Crippen molar-refractivity contribution < 1.29 is 4.74 Å². The largest absolute Gasteiger partial charge is 0.490 e. The Bertz CT molecular complexity index is 392. The molecular weight excluding hydrogens is 224 g/mol. The number of likely N-dealkylation sites (tertiary alicyclic amines) is 1. The highest BCUT2D eigenvalue weighted by Crippen LogP contribution is 2.22. The molecule has 2 rings (SSSR count). The predicted molar refractivity (Wildman–Crippen MR) is 76.0 cm³/mol. The maximum Gasteiger partial charge on any atom is 0.142 e. The van der Waals surface area contributed by atoms with E-state index in [1.54, 1.807) is 0 Å². The lowest BCUT2D eigenvalue weighted by molar-refractivity contribution is 0.133. The monoisotopic (exact) mass is 248 g/mol. The SMILES string of the molecule is Cc1ccc(OCCN2CCCC[C@@H]2C)c(N)c1. The van der Waals surface area contributed by atoms with Crippen molar-refractivity contribution in [2.45, 2.75) is 39.2 Å². The van der Waals surface area contributed by atoms with E-state index in [9.17, 15) is 0 Å². The van der Waals surface area contributed by atoms with Crippen LogP contribution < -0.4 is 10.5 Å². The van der Waals surface area contributed by atoms with Crippen molar-refractivity contribution in [2.24, 2.45) is 0 Å². The lowest BCUT2D eigenvalue weighted by Crippen LogP contribution is -2.39. The molecular formula is C15H24N2O. The molecule has 1 heterocycles. The molecule has 0 aliphatic carbocycles. The van der Waals surface area contributed by atoms with Gasteiger partial charge in [0.1, 0.15) is 12.4 Å². The molecule has 0 spiro atoms. The first-order valence-electron chi connectivity index (χ1n) is 6.90. The number of rotatable bonds is 4. The number of anilines is 1. The Balaban J connectivity index is 1.81. The second-order valence-electron chi connectivity index (χ2n) is 5.27. The molecule has 3 heteroatoms. The van der Waals surface area contributed by atoms with Crippen molar-refractivity contribution in [2.75, 3.05) is 25.4 Å². The molecule has 1 atom stereocenters. The van der Waals surface area contributed by atoms with E-state index in [0.717, 1.165) is 24.6 Å². The summed E-state index contributed by atoms with van der Waals surface area (Å²) in [7, 11) is 0. The van der Waals surface area contributed by atoms with E-state index in [2.05, 4.69) is 11.8 Å². The number of nitrogens with zero attached hydrogens (tertiary/aromatic N) is 1. The minimum Gasteiger partial charge on any atom is -0.490 e. The molecule has 0 saturated carbocycles. The van der Waals surface area contributed by atoms with Crippen molar-refractivity contribution in [1.29, 1.82) is 0 Å². The molecule has 2 N–H and O–H groups in total. The lowest BCUT2D eigenvalue weighted by Gasteiger charge is -2.33. The highest BCUT2D eigenvalue weighted by atomic mass is 16.5. The third kappa shape index (κ3) is 3.39. The number of ether oxygens (including phenoxy) is 1. The van der Waals surface area contributed by atoms with Gasteiger partial charge in [0.05, 0.1) is 5.69 Å². The van der Waals surface area contributed by atoms with Crippen molar-refractivity contribution >= 4 is 5.69 Å². The number of aryl methyl sites for hydroxylation is 1. The molecule has 100 valence electrons. The van der Waals surface area contributed by atoms with Gasteiger partial charge >= 0.3 is 0 Å². The van der Waals surface area contributed by atoms with E-state index >= 15 is 0 Å². The molecule has 1 aromatic carbocycles. The molecule has 1 saturated heterocycles. The van der Waals surface area contributed by atoms with E-state index in [1.165, 1.54) is 31.4 Å². The van der Waals surface area contributed by atoms with Gasteiger partial charge in [-0.2, -0.15) is 0 Å². The van der Waals surface area contributed by atoms with Crippen LogP contribution in [-0.2, 0) is 0 Å². The highest BCUT2D eigenvalue weighted by Gasteiger charge is 2.17. The van der Waals surface area contributed by atoms with Crippen LogP contribution in [0.2, 0.25) is 0 Å². The van der Waals surface area contributed by atoms with Crippen LogP contribution in [0.1, 0.15) is 31.7 Å². The van der Waals surface area contributed by atoms with Gasteiger partial charge in [0.15, 0.2) is 0 Å². The summed E-state index contributed by atoms with van der Waals surface area (Å²) in [5.74, 6) is 0.810. The topological polar surface area (TPSA) is 38.5 Å². The van der Waals surface area contributed by atoms with Crippen LogP contribution in [0.4, 0.5) is 5.69 Å². The molecule has 0 amide bonds. The smallest absolute Gasteiger partial charge is 0.142 e. The van der Waals surface area contributed by atoms with Crippen LogP contribution in [0.3, 0.4) is 0 Å². The van der Waals surface area contributed by atoms with Crippen LogP contribution in [-0.4, -0.2) is 30.6 Å². The Labute approximate surface area is 110 Å². The predicted octanol–water partition coefficient (Wildman–Crippen LogP) is 2.83. The Morgan fingerprint density at radius 3 is 2.94 bits per heavy atom. The quantitative estimate of drug-likeness (QED) is 0.833. The second kappa shape index (κ2) is 6.10. The lowest BCUT2D eigenvalue weighted by atomic mass is 10.0. The normalized spacial score (nSPS) is 20.9. The Kier molecular flexibility index (Phi) is 4.48. The van der Waals surface area contributed by atoms with Crippen molar-refractivity contribution in [1.82, 2.24) is 4.90 Å². The van der Waals surface area contributed by atoms with Gasteiger partial charge < -0.3 is 10.5 Å². The van der Waals surface area contributed by atoms with Crippen LogP contribution in [0.25, 0.3) is 0 Å². The van der Waals surface area contributed by atoms with Gasteiger partial charge in [-0.15, -0.1) is 0 Å². The molecule has 18 heavy (non-hydrogen) atoms. The molecule has 1 aliphatic heterocycles. The number of hydrogen-bond donors (Lipinski definition) is 1. The molecule has 0 aromatic heterocycles.